The quantitative estimate of drug-likeness (QED) is 0.818. The summed E-state index contributed by atoms with van der Waals surface area (Å²) in [5, 5.41) is 5.31. The lowest BCUT2D eigenvalue weighted by molar-refractivity contribution is -0.128. The van der Waals surface area contributed by atoms with E-state index in [2.05, 4.69) is 10.6 Å². The van der Waals surface area contributed by atoms with Gasteiger partial charge in [-0.25, -0.2) is 0 Å². The van der Waals surface area contributed by atoms with Gasteiger partial charge in [0.1, 0.15) is 24.7 Å². The van der Waals surface area contributed by atoms with E-state index in [4.69, 9.17) is 9.15 Å². The van der Waals surface area contributed by atoms with Gasteiger partial charge in [0, 0.05) is 5.69 Å². The minimum Gasteiger partial charge on any atom is -0.465 e. The average molecular weight is 302 g/mol. The third kappa shape index (κ3) is 5.41. The van der Waals surface area contributed by atoms with Gasteiger partial charge in [0.05, 0.1) is 6.54 Å². The lowest BCUT2D eigenvalue weighted by Crippen LogP contribution is -2.29. The molecule has 0 aliphatic rings. The van der Waals surface area contributed by atoms with Crippen molar-refractivity contribution < 1.29 is 18.7 Å². The summed E-state index contributed by atoms with van der Waals surface area (Å²) in [6.07, 6.45) is 0. The number of rotatable bonds is 7. The van der Waals surface area contributed by atoms with Gasteiger partial charge in [0.2, 0.25) is 11.8 Å². The third-order valence-corrected chi connectivity index (χ3v) is 2.78. The number of benzene rings is 1. The number of aryl methyl sites for hydroxylation is 1. The molecule has 116 valence electrons. The first kappa shape index (κ1) is 15.8. The molecule has 0 aliphatic heterocycles. The molecule has 6 heteroatoms. The zero-order valence-corrected chi connectivity index (χ0v) is 12.3. The Morgan fingerprint density at radius 2 is 1.77 bits per heavy atom. The van der Waals surface area contributed by atoms with E-state index in [9.17, 15) is 9.59 Å². The van der Waals surface area contributed by atoms with E-state index in [0.717, 1.165) is 5.76 Å². The summed E-state index contributed by atoms with van der Waals surface area (Å²) in [6.45, 7) is 1.77. The second-order valence-corrected chi connectivity index (χ2v) is 4.70. The molecular formula is C16H18N2O4. The molecule has 0 spiro atoms. The number of hydrogen-bond donors (Lipinski definition) is 2. The highest BCUT2D eigenvalue weighted by Gasteiger charge is 2.06. The summed E-state index contributed by atoms with van der Waals surface area (Å²) >= 11 is 0. The summed E-state index contributed by atoms with van der Waals surface area (Å²) < 4.78 is 10.4. The van der Waals surface area contributed by atoms with Gasteiger partial charge in [-0.15, -0.1) is 0 Å². The van der Waals surface area contributed by atoms with Crippen LogP contribution in [-0.2, 0) is 20.9 Å². The highest BCUT2D eigenvalue weighted by molar-refractivity contribution is 5.91. The third-order valence-electron chi connectivity index (χ3n) is 2.78. The van der Waals surface area contributed by atoms with Gasteiger partial charge in [0.25, 0.3) is 0 Å². The van der Waals surface area contributed by atoms with Crippen LogP contribution in [0.5, 0.6) is 0 Å². The molecule has 1 heterocycles. The van der Waals surface area contributed by atoms with Crippen molar-refractivity contribution in [3.05, 3.63) is 54.0 Å². The average Bonchev–Trinajstić information content (AvgIpc) is 2.92. The highest BCUT2D eigenvalue weighted by Crippen LogP contribution is 2.05. The molecule has 22 heavy (non-hydrogen) atoms. The molecule has 2 amide bonds. The number of anilines is 1. The van der Waals surface area contributed by atoms with Gasteiger partial charge in [-0.05, 0) is 31.2 Å². The van der Waals surface area contributed by atoms with Crippen LogP contribution in [-0.4, -0.2) is 25.0 Å². The maximum atomic E-state index is 11.6. The Bertz CT molecular complexity index is 622. The van der Waals surface area contributed by atoms with Gasteiger partial charge >= 0.3 is 0 Å². The van der Waals surface area contributed by atoms with Crippen LogP contribution in [0.25, 0.3) is 0 Å². The van der Waals surface area contributed by atoms with E-state index in [-0.39, 0.29) is 25.0 Å². The molecule has 0 unspecified atom stereocenters. The van der Waals surface area contributed by atoms with Crippen molar-refractivity contribution in [3.63, 3.8) is 0 Å². The summed E-state index contributed by atoms with van der Waals surface area (Å²) in [4.78, 5) is 23.1. The molecule has 2 N–H and O–H groups in total. The molecular weight excluding hydrogens is 284 g/mol. The van der Waals surface area contributed by atoms with Crippen LogP contribution in [0.15, 0.2) is 46.9 Å². The van der Waals surface area contributed by atoms with Crippen molar-refractivity contribution >= 4 is 17.5 Å². The van der Waals surface area contributed by atoms with E-state index in [0.29, 0.717) is 18.0 Å². The molecule has 0 saturated heterocycles. The maximum Gasteiger partial charge on any atom is 0.250 e. The van der Waals surface area contributed by atoms with Crippen LogP contribution in [0, 0.1) is 6.92 Å². The Labute approximate surface area is 128 Å². The number of carbonyl (C=O) groups excluding carboxylic acids is 2. The predicted octanol–water partition coefficient (Wildman–Crippen LogP) is 1.86. The SMILES string of the molecule is Cc1ccc(CNC(=O)COCC(=O)Nc2ccccc2)o1. The van der Waals surface area contributed by atoms with Crippen molar-refractivity contribution in [1.82, 2.24) is 5.32 Å². The zero-order chi connectivity index (χ0) is 15.8. The molecule has 0 saturated carbocycles. The largest absolute Gasteiger partial charge is 0.465 e. The van der Waals surface area contributed by atoms with E-state index in [1.807, 2.05) is 31.2 Å². The lowest BCUT2D eigenvalue weighted by Gasteiger charge is -2.06. The first-order valence-corrected chi connectivity index (χ1v) is 6.88. The minimum absolute atomic E-state index is 0.178. The maximum absolute atomic E-state index is 11.6. The summed E-state index contributed by atoms with van der Waals surface area (Å²) in [5.41, 5.74) is 0.689. The number of para-hydroxylation sites is 1. The fourth-order valence-corrected chi connectivity index (χ4v) is 1.77. The van der Waals surface area contributed by atoms with E-state index >= 15 is 0 Å². The van der Waals surface area contributed by atoms with Gasteiger partial charge in [-0.1, -0.05) is 18.2 Å². The van der Waals surface area contributed by atoms with E-state index in [1.165, 1.54) is 0 Å². The highest BCUT2D eigenvalue weighted by atomic mass is 16.5. The second-order valence-electron chi connectivity index (χ2n) is 4.70. The van der Waals surface area contributed by atoms with Crippen LogP contribution < -0.4 is 10.6 Å². The fourth-order valence-electron chi connectivity index (χ4n) is 1.77. The zero-order valence-electron chi connectivity index (χ0n) is 12.3. The first-order chi connectivity index (χ1) is 10.6. The molecule has 1 aromatic heterocycles. The second kappa shape index (κ2) is 7.99. The van der Waals surface area contributed by atoms with Crippen LogP contribution in [0.4, 0.5) is 5.69 Å². The van der Waals surface area contributed by atoms with Crippen LogP contribution in [0.1, 0.15) is 11.5 Å². The van der Waals surface area contributed by atoms with Gasteiger partial charge in [-0.2, -0.15) is 0 Å². The summed E-state index contributed by atoms with van der Waals surface area (Å²) in [5.74, 6) is 0.855. The van der Waals surface area contributed by atoms with E-state index in [1.54, 1.807) is 18.2 Å². The number of amides is 2. The molecule has 0 bridgehead atoms. The number of carbonyl (C=O) groups is 2. The molecule has 0 aliphatic carbocycles. The van der Waals surface area contributed by atoms with Crippen molar-refractivity contribution in [3.8, 4) is 0 Å². The molecule has 1 aromatic carbocycles. The molecule has 0 radical (unpaired) electrons. The summed E-state index contributed by atoms with van der Waals surface area (Å²) in [7, 11) is 0. The Morgan fingerprint density at radius 1 is 1.05 bits per heavy atom. The predicted molar refractivity (Wildman–Crippen MR) is 81.2 cm³/mol. The Balaban J connectivity index is 1.61. The Morgan fingerprint density at radius 3 is 2.45 bits per heavy atom. The first-order valence-electron chi connectivity index (χ1n) is 6.88. The van der Waals surface area contributed by atoms with Crippen molar-refractivity contribution in [2.45, 2.75) is 13.5 Å². The summed E-state index contributed by atoms with van der Waals surface area (Å²) in [6, 6.07) is 12.7. The molecule has 2 rings (SSSR count). The van der Waals surface area contributed by atoms with Gasteiger partial charge in [0.15, 0.2) is 0 Å². The topological polar surface area (TPSA) is 80.6 Å². The number of furan rings is 1. The molecule has 2 aromatic rings. The van der Waals surface area contributed by atoms with Crippen molar-refractivity contribution in [1.29, 1.82) is 0 Å². The number of hydrogen-bond acceptors (Lipinski definition) is 4. The number of nitrogens with one attached hydrogen (secondary N) is 2. The van der Waals surface area contributed by atoms with Crippen LogP contribution in [0.2, 0.25) is 0 Å². The van der Waals surface area contributed by atoms with Crippen molar-refractivity contribution in [2.24, 2.45) is 0 Å². The van der Waals surface area contributed by atoms with Crippen LogP contribution >= 0.6 is 0 Å². The fraction of sp³-hybridized carbons (Fsp3) is 0.250. The Hall–Kier alpha value is -2.60. The van der Waals surface area contributed by atoms with Crippen LogP contribution in [0.3, 0.4) is 0 Å². The van der Waals surface area contributed by atoms with Crippen molar-refractivity contribution in [2.75, 3.05) is 18.5 Å². The standard InChI is InChI=1S/C16H18N2O4/c1-12-7-8-14(22-12)9-17-15(19)10-21-11-16(20)18-13-5-3-2-4-6-13/h2-8H,9-11H2,1H3,(H,17,19)(H,18,20). The van der Waals surface area contributed by atoms with Gasteiger partial charge < -0.3 is 19.8 Å². The number of ether oxygens (including phenoxy) is 1. The minimum atomic E-state index is -0.305. The normalized spacial score (nSPS) is 10.2. The molecule has 0 atom stereocenters. The molecule has 6 nitrogen and oxygen atoms in total. The van der Waals surface area contributed by atoms with Gasteiger partial charge in [-0.3, -0.25) is 9.59 Å². The Kier molecular flexibility index (Phi) is 5.73. The lowest BCUT2D eigenvalue weighted by atomic mass is 10.3. The van der Waals surface area contributed by atoms with E-state index < -0.39 is 0 Å². The monoisotopic (exact) mass is 302 g/mol. The molecule has 0 fully saturated rings. The smallest absolute Gasteiger partial charge is 0.250 e.